The molecule has 0 aliphatic rings. The highest BCUT2D eigenvalue weighted by Crippen LogP contribution is 2.29. The highest BCUT2D eigenvalue weighted by Gasteiger charge is 2.18. The molecule has 2 rings (SSSR count). The zero-order valence-electron chi connectivity index (χ0n) is 13.1. The summed E-state index contributed by atoms with van der Waals surface area (Å²) in [5.74, 6) is -0.122. The lowest BCUT2D eigenvalue weighted by atomic mass is 10.0. The summed E-state index contributed by atoms with van der Waals surface area (Å²) >= 11 is 13.3. The Morgan fingerprint density at radius 1 is 1.12 bits per heavy atom. The molecule has 2 aromatic rings. The van der Waals surface area contributed by atoms with E-state index in [1.165, 1.54) is 18.7 Å². The van der Waals surface area contributed by atoms with E-state index < -0.39 is 6.04 Å². The van der Waals surface area contributed by atoms with Crippen LogP contribution in [0.3, 0.4) is 0 Å². The molecule has 0 fully saturated rings. The Hall–Kier alpha value is -1.49. The smallest absolute Gasteiger partial charge is 0.230 e. The number of ketones is 1. The molecule has 0 aliphatic carbocycles. The molecule has 0 saturated carbocycles. The average Bonchev–Trinajstić information content (AvgIpc) is 2.56. The first-order valence-corrected chi connectivity index (χ1v) is 9.11. The van der Waals surface area contributed by atoms with Crippen molar-refractivity contribution in [3.63, 3.8) is 0 Å². The Morgan fingerprint density at radius 2 is 1.83 bits per heavy atom. The third-order valence-electron chi connectivity index (χ3n) is 3.36. The second kappa shape index (κ2) is 9.11. The number of carbonyl (C=O) groups is 2. The standard InChI is InChI=1S/C18H17Cl2NO2S/c1-12(22)16(9-13-5-3-2-4-6-13)21-18(23)11-24-17-10-14(19)7-8-15(17)20/h2-8,10,16H,9,11H2,1H3,(H,21,23). The van der Waals surface area contributed by atoms with Crippen LogP contribution in [0.5, 0.6) is 0 Å². The van der Waals surface area contributed by atoms with E-state index in [2.05, 4.69) is 5.32 Å². The monoisotopic (exact) mass is 381 g/mol. The largest absolute Gasteiger partial charge is 0.345 e. The normalized spacial score (nSPS) is 11.8. The predicted molar refractivity (Wildman–Crippen MR) is 99.9 cm³/mol. The van der Waals surface area contributed by atoms with Gasteiger partial charge in [0.25, 0.3) is 0 Å². The Morgan fingerprint density at radius 3 is 2.50 bits per heavy atom. The zero-order valence-corrected chi connectivity index (χ0v) is 15.4. The van der Waals surface area contributed by atoms with Gasteiger partial charge in [-0.1, -0.05) is 53.5 Å². The molecule has 3 nitrogen and oxygen atoms in total. The van der Waals surface area contributed by atoms with Gasteiger partial charge in [0.2, 0.25) is 5.91 Å². The van der Waals surface area contributed by atoms with E-state index >= 15 is 0 Å². The van der Waals surface area contributed by atoms with Gasteiger partial charge in [0.1, 0.15) is 0 Å². The van der Waals surface area contributed by atoms with Crippen LogP contribution in [-0.2, 0) is 16.0 Å². The van der Waals surface area contributed by atoms with E-state index in [1.54, 1.807) is 18.2 Å². The van der Waals surface area contributed by atoms with Crippen molar-refractivity contribution < 1.29 is 9.59 Å². The van der Waals surface area contributed by atoms with E-state index in [0.717, 1.165) is 10.5 Å². The van der Waals surface area contributed by atoms with Gasteiger partial charge in [-0.05, 0) is 37.1 Å². The molecule has 1 N–H and O–H groups in total. The van der Waals surface area contributed by atoms with Gasteiger partial charge in [0.15, 0.2) is 5.78 Å². The van der Waals surface area contributed by atoms with Crippen LogP contribution in [-0.4, -0.2) is 23.5 Å². The first-order valence-electron chi connectivity index (χ1n) is 7.37. The summed E-state index contributed by atoms with van der Waals surface area (Å²) in [4.78, 5) is 24.7. The highest BCUT2D eigenvalue weighted by atomic mass is 35.5. The van der Waals surface area contributed by atoms with Gasteiger partial charge in [-0.3, -0.25) is 9.59 Å². The van der Waals surface area contributed by atoms with Crippen molar-refractivity contribution in [2.75, 3.05) is 5.75 Å². The molecule has 0 aromatic heterocycles. The molecule has 24 heavy (non-hydrogen) atoms. The fourth-order valence-corrected chi connectivity index (χ4v) is 3.42. The Kier molecular flexibility index (Phi) is 7.16. The summed E-state index contributed by atoms with van der Waals surface area (Å²) < 4.78 is 0. The average molecular weight is 382 g/mol. The third-order valence-corrected chi connectivity index (χ3v) is 5.09. The maximum atomic E-state index is 12.2. The first kappa shape index (κ1) is 18.8. The number of hydrogen-bond donors (Lipinski definition) is 1. The predicted octanol–water partition coefficient (Wildman–Crippen LogP) is 4.40. The van der Waals surface area contributed by atoms with E-state index in [9.17, 15) is 9.59 Å². The zero-order chi connectivity index (χ0) is 17.5. The lowest BCUT2D eigenvalue weighted by Gasteiger charge is -2.16. The second-order valence-corrected chi connectivity index (χ2v) is 7.14. The van der Waals surface area contributed by atoms with Gasteiger partial charge in [-0.2, -0.15) is 0 Å². The number of Topliss-reactive ketones (excluding diaryl/α,β-unsaturated/α-hetero) is 1. The molecule has 0 radical (unpaired) electrons. The fraction of sp³-hybridized carbons (Fsp3) is 0.222. The summed E-state index contributed by atoms with van der Waals surface area (Å²) in [5.41, 5.74) is 1.00. The van der Waals surface area contributed by atoms with Gasteiger partial charge in [0, 0.05) is 9.92 Å². The number of thioether (sulfide) groups is 1. The van der Waals surface area contributed by atoms with E-state index in [4.69, 9.17) is 23.2 Å². The van der Waals surface area contributed by atoms with Crippen molar-refractivity contribution in [1.29, 1.82) is 0 Å². The van der Waals surface area contributed by atoms with Crippen LogP contribution >= 0.6 is 35.0 Å². The fourth-order valence-electron chi connectivity index (χ4n) is 2.11. The first-order chi connectivity index (χ1) is 11.5. The minimum Gasteiger partial charge on any atom is -0.345 e. The third kappa shape index (κ3) is 5.86. The van der Waals surface area contributed by atoms with Crippen LogP contribution in [0.15, 0.2) is 53.4 Å². The van der Waals surface area contributed by atoms with Crippen molar-refractivity contribution >= 4 is 46.7 Å². The van der Waals surface area contributed by atoms with Crippen LogP contribution in [0, 0.1) is 0 Å². The molecule has 0 heterocycles. The van der Waals surface area contributed by atoms with Crippen LogP contribution < -0.4 is 5.32 Å². The summed E-state index contributed by atoms with van der Waals surface area (Å²) in [6, 6.07) is 14.2. The van der Waals surface area contributed by atoms with Crippen molar-refractivity contribution in [2.24, 2.45) is 0 Å². The molecule has 1 atom stereocenters. The topological polar surface area (TPSA) is 46.2 Å². The van der Waals surface area contributed by atoms with Crippen molar-refractivity contribution in [3.05, 3.63) is 64.1 Å². The molecule has 0 saturated heterocycles. The van der Waals surface area contributed by atoms with Gasteiger partial charge in [-0.25, -0.2) is 0 Å². The molecular formula is C18H17Cl2NO2S. The summed E-state index contributed by atoms with van der Waals surface area (Å²) in [7, 11) is 0. The summed E-state index contributed by atoms with van der Waals surface area (Å²) in [6.45, 7) is 1.48. The SMILES string of the molecule is CC(=O)C(Cc1ccccc1)NC(=O)CSc1cc(Cl)ccc1Cl. The van der Waals surface area contributed by atoms with Crippen LogP contribution in [0.25, 0.3) is 0 Å². The molecular weight excluding hydrogens is 365 g/mol. The number of benzene rings is 2. The minimum atomic E-state index is -0.532. The molecule has 6 heteroatoms. The van der Waals surface area contributed by atoms with Gasteiger partial charge in [-0.15, -0.1) is 11.8 Å². The second-order valence-electron chi connectivity index (χ2n) is 5.28. The number of nitrogens with one attached hydrogen (secondary N) is 1. The van der Waals surface area contributed by atoms with E-state index in [-0.39, 0.29) is 17.4 Å². The number of hydrogen-bond acceptors (Lipinski definition) is 3. The van der Waals surface area contributed by atoms with Crippen molar-refractivity contribution in [3.8, 4) is 0 Å². The van der Waals surface area contributed by atoms with E-state index in [1.807, 2.05) is 30.3 Å². The molecule has 126 valence electrons. The van der Waals surface area contributed by atoms with Crippen LogP contribution in [0.4, 0.5) is 0 Å². The van der Waals surface area contributed by atoms with Crippen LogP contribution in [0.2, 0.25) is 10.0 Å². The van der Waals surface area contributed by atoms with Gasteiger partial charge in [0.05, 0.1) is 16.8 Å². The minimum absolute atomic E-state index is 0.0713. The molecule has 0 spiro atoms. The molecule has 2 aromatic carbocycles. The number of halogens is 2. The quantitative estimate of drug-likeness (QED) is 0.722. The molecule has 1 amide bonds. The van der Waals surface area contributed by atoms with Gasteiger partial charge >= 0.3 is 0 Å². The number of carbonyl (C=O) groups excluding carboxylic acids is 2. The molecule has 0 aliphatic heterocycles. The Labute approximate surface area is 155 Å². The summed E-state index contributed by atoms with van der Waals surface area (Å²) in [6.07, 6.45) is 0.477. The van der Waals surface area contributed by atoms with E-state index in [0.29, 0.717) is 16.5 Å². The maximum Gasteiger partial charge on any atom is 0.230 e. The Balaban J connectivity index is 1.93. The van der Waals surface area contributed by atoms with Gasteiger partial charge < -0.3 is 5.32 Å². The molecule has 1 unspecified atom stereocenters. The lowest BCUT2D eigenvalue weighted by molar-refractivity contribution is -0.125. The molecule has 0 bridgehead atoms. The Bertz CT molecular complexity index is 722. The van der Waals surface area contributed by atoms with Crippen molar-refractivity contribution in [2.45, 2.75) is 24.3 Å². The van der Waals surface area contributed by atoms with Crippen LogP contribution in [0.1, 0.15) is 12.5 Å². The number of rotatable bonds is 7. The highest BCUT2D eigenvalue weighted by molar-refractivity contribution is 8.00. The summed E-state index contributed by atoms with van der Waals surface area (Å²) in [5, 5.41) is 3.89. The maximum absolute atomic E-state index is 12.2. The number of amides is 1. The van der Waals surface area contributed by atoms with Crippen molar-refractivity contribution in [1.82, 2.24) is 5.32 Å². The lowest BCUT2D eigenvalue weighted by Crippen LogP contribution is -2.42.